The molecular formula is C31H29N3O10. The van der Waals surface area contributed by atoms with Crippen LogP contribution in [0.3, 0.4) is 0 Å². The van der Waals surface area contributed by atoms with Gasteiger partial charge in [0.05, 0.1) is 29.9 Å². The van der Waals surface area contributed by atoms with E-state index in [1.54, 1.807) is 48.5 Å². The van der Waals surface area contributed by atoms with Crippen LogP contribution in [0.25, 0.3) is 0 Å². The Morgan fingerprint density at radius 3 is 1.68 bits per heavy atom. The average molecular weight is 604 g/mol. The van der Waals surface area contributed by atoms with Gasteiger partial charge < -0.3 is 29.6 Å². The van der Waals surface area contributed by atoms with Crippen molar-refractivity contribution >= 4 is 46.9 Å². The lowest BCUT2D eigenvalue weighted by Crippen LogP contribution is -2.36. The normalized spacial score (nSPS) is 11.8. The molecule has 0 spiro atoms. The van der Waals surface area contributed by atoms with E-state index in [1.165, 1.54) is 12.1 Å². The number of amides is 4. The molecular weight excluding hydrogens is 574 g/mol. The molecule has 1 aliphatic heterocycles. The SMILES string of the molecule is CCOc1ccc(NC(=O)COC(=O)CN2C(=O)c3ccc(C(=O)OCC(=O)Nc4ccc(OCC)cc4)cc3C2=O)cc1. The van der Waals surface area contributed by atoms with Crippen molar-refractivity contribution < 1.29 is 47.7 Å². The number of nitrogens with one attached hydrogen (secondary N) is 2. The highest BCUT2D eigenvalue weighted by Gasteiger charge is 2.37. The summed E-state index contributed by atoms with van der Waals surface area (Å²) in [6.07, 6.45) is 0. The fraction of sp³-hybridized carbons (Fsp3) is 0.226. The Morgan fingerprint density at radius 2 is 1.16 bits per heavy atom. The molecule has 0 atom stereocenters. The van der Waals surface area contributed by atoms with Gasteiger partial charge in [-0.15, -0.1) is 0 Å². The third-order valence-corrected chi connectivity index (χ3v) is 6.09. The van der Waals surface area contributed by atoms with Gasteiger partial charge in [-0.3, -0.25) is 28.9 Å². The van der Waals surface area contributed by atoms with E-state index in [2.05, 4.69) is 10.6 Å². The molecule has 228 valence electrons. The van der Waals surface area contributed by atoms with Crippen LogP contribution in [0.1, 0.15) is 44.9 Å². The van der Waals surface area contributed by atoms with Crippen molar-refractivity contribution in [2.45, 2.75) is 13.8 Å². The van der Waals surface area contributed by atoms with E-state index in [0.717, 1.165) is 6.07 Å². The van der Waals surface area contributed by atoms with Gasteiger partial charge in [0.25, 0.3) is 23.6 Å². The van der Waals surface area contributed by atoms with Crippen LogP contribution in [-0.4, -0.2) is 73.4 Å². The lowest BCUT2D eigenvalue weighted by molar-refractivity contribution is -0.147. The number of esters is 2. The van der Waals surface area contributed by atoms with Crippen molar-refractivity contribution in [1.29, 1.82) is 0 Å². The fourth-order valence-electron chi connectivity index (χ4n) is 4.09. The summed E-state index contributed by atoms with van der Waals surface area (Å²) >= 11 is 0. The van der Waals surface area contributed by atoms with E-state index in [0.29, 0.717) is 41.0 Å². The second-order valence-corrected chi connectivity index (χ2v) is 9.20. The Labute approximate surface area is 252 Å². The van der Waals surface area contributed by atoms with Crippen LogP contribution < -0.4 is 20.1 Å². The number of nitrogens with zero attached hydrogens (tertiary/aromatic N) is 1. The highest BCUT2D eigenvalue weighted by molar-refractivity contribution is 6.22. The maximum atomic E-state index is 12.9. The predicted octanol–water partition coefficient (Wildman–Crippen LogP) is 3.06. The molecule has 13 heteroatoms. The molecule has 0 saturated carbocycles. The Kier molecular flexibility index (Phi) is 10.3. The van der Waals surface area contributed by atoms with Crippen molar-refractivity contribution in [3.63, 3.8) is 0 Å². The second kappa shape index (κ2) is 14.4. The van der Waals surface area contributed by atoms with E-state index in [4.69, 9.17) is 18.9 Å². The minimum atomic E-state index is -0.987. The molecule has 0 aromatic heterocycles. The first-order valence-electron chi connectivity index (χ1n) is 13.6. The van der Waals surface area contributed by atoms with Crippen LogP contribution in [-0.2, 0) is 23.9 Å². The van der Waals surface area contributed by atoms with Crippen molar-refractivity contribution in [3.05, 3.63) is 83.4 Å². The van der Waals surface area contributed by atoms with Crippen LogP contribution in [0.15, 0.2) is 66.7 Å². The molecule has 0 unspecified atom stereocenters. The number of fused-ring (bicyclic) bond motifs is 1. The number of benzene rings is 3. The van der Waals surface area contributed by atoms with E-state index >= 15 is 0 Å². The number of anilines is 2. The van der Waals surface area contributed by atoms with Crippen LogP contribution in [0.5, 0.6) is 11.5 Å². The molecule has 4 rings (SSSR count). The lowest BCUT2D eigenvalue weighted by Gasteiger charge is -2.13. The van der Waals surface area contributed by atoms with E-state index < -0.39 is 55.3 Å². The zero-order chi connectivity index (χ0) is 31.6. The van der Waals surface area contributed by atoms with Gasteiger partial charge in [-0.25, -0.2) is 4.79 Å². The van der Waals surface area contributed by atoms with Crippen LogP contribution in [0.2, 0.25) is 0 Å². The number of imide groups is 1. The summed E-state index contributed by atoms with van der Waals surface area (Å²) in [6.45, 7) is 2.71. The summed E-state index contributed by atoms with van der Waals surface area (Å²) in [5.74, 6) is -3.43. The average Bonchev–Trinajstić information content (AvgIpc) is 3.25. The molecule has 0 saturated heterocycles. The molecule has 1 aliphatic rings. The molecule has 0 bridgehead atoms. The first kappa shape index (κ1) is 31.2. The van der Waals surface area contributed by atoms with Crippen LogP contribution in [0, 0.1) is 0 Å². The Morgan fingerprint density at radius 1 is 0.659 bits per heavy atom. The standard InChI is InChI=1S/C31H29N3O10/c1-3-41-22-10-6-20(7-11-22)32-26(35)17-43-28(37)16-34-29(38)24-14-5-19(15-25(24)30(34)39)31(40)44-18-27(36)33-21-8-12-23(13-9-21)42-4-2/h5-15H,3-4,16-18H2,1-2H3,(H,32,35)(H,33,36). The molecule has 0 radical (unpaired) electrons. The summed E-state index contributed by atoms with van der Waals surface area (Å²) in [7, 11) is 0. The summed E-state index contributed by atoms with van der Waals surface area (Å²) in [6, 6.07) is 16.9. The van der Waals surface area contributed by atoms with Gasteiger partial charge in [-0.05, 0) is 80.6 Å². The van der Waals surface area contributed by atoms with Gasteiger partial charge in [0.15, 0.2) is 13.2 Å². The van der Waals surface area contributed by atoms with E-state index in [1.807, 2.05) is 13.8 Å². The maximum absolute atomic E-state index is 12.9. The number of rotatable bonds is 13. The van der Waals surface area contributed by atoms with E-state index in [9.17, 15) is 28.8 Å². The number of hydrogen-bond donors (Lipinski definition) is 2. The highest BCUT2D eigenvalue weighted by Crippen LogP contribution is 2.24. The Balaban J connectivity index is 1.26. The van der Waals surface area contributed by atoms with Crippen LogP contribution in [0.4, 0.5) is 11.4 Å². The third-order valence-electron chi connectivity index (χ3n) is 6.09. The van der Waals surface area contributed by atoms with E-state index in [-0.39, 0.29) is 16.7 Å². The summed E-state index contributed by atoms with van der Waals surface area (Å²) < 4.78 is 20.6. The summed E-state index contributed by atoms with van der Waals surface area (Å²) in [5, 5.41) is 5.13. The molecule has 0 aliphatic carbocycles. The minimum absolute atomic E-state index is 0.0270. The zero-order valence-electron chi connectivity index (χ0n) is 23.9. The van der Waals surface area contributed by atoms with Crippen molar-refractivity contribution in [1.82, 2.24) is 4.90 Å². The molecule has 3 aromatic rings. The predicted molar refractivity (Wildman–Crippen MR) is 156 cm³/mol. The monoisotopic (exact) mass is 603 g/mol. The number of carbonyl (C=O) groups excluding carboxylic acids is 6. The molecule has 13 nitrogen and oxygen atoms in total. The molecule has 3 aromatic carbocycles. The van der Waals surface area contributed by atoms with Gasteiger partial charge in [0, 0.05) is 11.4 Å². The number of carbonyl (C=O) groups is 6. The van der Waals surface area contributed by atoms with Gasteiger partial charge in [-0.2, -0.15) is 0 Å². The first-order chi connectivity index (χ1) is 21.2. The highest BCUT2D eigenvalue weighted by atomic mass is 16.5. The van der Waals surface area contributed by atoms with Crippen molar-refractivity contribution in [3.8, 4) is 11.5 Å². The van der Waals surface area contributed by atoms with Gasteiger partial charge in [0.1, 0.15) is 18.0 Å². The topological polar surface area (TPSA) is 167 Å². The smallest absolute Gasteiger partial charge is 0.338 e. The maximum Gasteiger partial charge on any atom is 0.338 e. The first-order valence-corrected chi connectivity index (χ1v) is 13.6. The summed E-state index contributed by atoms with van der Waals surface area (Å²) in [5.41, 5.74) is 0.708. The van der Waals surface area contributed by atoms with Crippen molar-refractivity contribution in [2.75, 3.05) is 43.6 Å². The quantitative estimate of drug-likeness (QED) is 0.219. The van der Waals surface area contributed by atoms with Crippen molar-refractivity contribution in [2.24, 2.45) is 0 Å². The molecule has 4 amide bonds. The second-order valence-electron chi connectivity index (χ2n) is 9.20. The number of hydrogen-bond acceptors (Lipinski definition) is 10. The zero-order valence-corrected chi connectivity index (χ0v) is 23.9. The van der Waals surface area contributed by atoms with Gasteiger partial charge in [0.2, 0.25) is 0 Å². The van der Waals surface area contributed by atoms with Gasteiger partial charge >= 0.3 is 11.9 Å². The Hall–Kier alpha value is -5.72. The molecule has 44 heavy (non-hydrogen) atoms. The molecule has 0 fully saturated rings. The van der Waals surface area contributed by atoms with Gasteiger partial charge in [-0.1, -0.05) is 0 Å². The molecule has 1 heterocycles. The molecule has 2 N–H and O–H groups in total. The Bertz CT molecular complexity index is 1570. The number of ether oxygens (including phenoxy) is 4. The fourth-order valence-corrected chi connectivity index (χ4v) is 4.09. The minimum Gasteiger partial charge on any atom is -0.494 e. The summed E-state index contributed by atoms with van der Waals surface area (Å²) in [4.78, 5) is 75.5. The lowest BCUT2D eigenvalue weighted by atomic mass is 10.1. The third kappa shape index (κ3) is 7.97. The van der Waals surface area contributed by atoms with Crippen LogP contribution >= 0.6 is 0 Å². The largest absolute Gasteiger partial charge is 0.494 e.